The molecule has 9 nitrogen and oxygen atoms in total. The van der Waals surface area contributed by atoms with Gasteiger partial charge in [-0.2, -0.15) is 8.42 Å². The molecule has 0 aromatic heterocycles. The first-order chi connectivity index (χ1) is 21.9. The molecule has 0 saturated heterocycles. The van der Waals surface area contributed by atoms with Crippen molar-refractivity contribution in [3.8, 4) is 0 Å². The molecule has 46 heavy (non-hydrogen) atoms. The Morgan fingerprint density at radius 1 is 0.652 bits per heavy atom. The van der Waals surface area contributed by atoms with Gasteiger partial charge in [0.1, 0.15) is 18.3 Å². The van der Waals surface area contributed by atoms with Crippen LogP contribution in [0.25, 0.3) is 0 Å². The third kappa shape index (κ3) is 13.8. The van der Waals surface area contributed by atoms with Gasteiger partial charge in [-0.3, -0.25) is 4.55 Å². The molecule has 0 bridgehead atoms. The number of aliphatic imine (C=N–C) groups is 1. The van der Waals surface area contributed by atoms with Crippen molar-refractivity contribution in [2.24, 2.45) is 4.99 Å². The molecule has 0 aliphatic rings. The topological polar surface area (TPSA) is 127 Å². The maximum Gasteiger partial charge on any atom is 1.00 e. The summed E-state index contributed by atoms with van der Waals surface area (Å²) >= 11 is 0. The van der Waals surface area contributed by atoms with Gasteiger partial charge in [0.05, 0.1) is 45.3 Å². The average Bonchev–Trinajstić information content (AvgIpc) is 3.05. The molecule has 4 rings (SSSR count). The van der Waals surface area contributed by atoms with Crippen LogP contribution in [0.3, 0.4) is 0 Å². The first kappa shape index (κ1) is 37.6. The number of benzene rings is 4. The van der Waals surface area contributed by atoms with Gasteiger partial charge in [0.15, 0.2) is 0 Å². The van der Waals surface area contributed by atoms with Crippen LogP contribution in [0.1, 0.15) is 22.3 Å². The van der Waals surface area contributed by atoms with Crippen molar-refractivity contribution in [1.29, 1.82) is 0 Å². The van der Waals surface area contributed by atoms with E-state index in [4.69, 9.17) is 18.9 Å². The molecule has 0 aliphatic heterocycles. The molecule has 0 saturated carbocycles. The Balaban J connectivity index is 0.00000576. The molecule has 4 aromatic rings. The van der Waals surface area contributed by atoms with Gasteiger partial charge in [0.25, 0.3) is 10.1 Å². The van der Waals surface area contributed by atoms with Crippen molar-refractivity contribution in [2.45, 2.75) is 44.7 Å². The Kier molecular flexibility index (Phi) is 16.6. The molecular weight excluding hydrogens is 617 g/mol. The number of hydrogen-bond donors (Lipinski definition) is 1. The summed E-state index contributed by atoms with van der Waals surface area (Å²) in [5.74, 6) is -1.43. The van der Waals surface area contributed by atoms with Gasteiger partial charge in [0, 0.05) is 0 Å². The van der Waals surface area contributed by atoms with Gasteiger partial charge in [-0.15, -0.1) is 0 Å². The van der Waals surface area contributed by atoms with Gasteiger partial charge in [0.2, 0.25) is 0 Å². The van der Waals surface area contributed by atoms with Crippen LogP contribution in [-0.2, 0) is 55.5 Å². The van der Waals surface area contributed by atoms with Crippen molar-refractivity contribution in [3.63, 3.8) is 0 Å². The molecule has 0 amide bonds. The molecule has 3 atom stereocenters. The summed E-state index contributed by atoms with van der Waals surface area (Å²) in [7, 11) is -4.32. The summed E-state index contributed by atoms with van der Waals surface area (Å²) in [4.78, 5) is 3.95. The second-order valence-corrected chi connectivity index (χ2v) is 11.9. The predicted octanol–water partition coefficient (Wildman–Crippen LogP) is 1.61. The zero-order chi connectivity index (χ0) is 31.7. The molecule has 0 unspecified atom stereocenters. The summed E-state index contributed by atoms with van der Waals surface area (Å²) in [6.45, 7) is 0.342. The average molecular weight is 656 g/mol. The van der Waals surface area contributed by atoms with E-state index in [9.17, 15) is 18.1 Å². The van der Waals surface area contributed by atoms with Gasteiger partial charge in [-0.25, -0.2) is 0 Å². The maximum atomic E-state index is 13.6. The second kappa shape index (κ2) is 20.4. The minimum Gasteiger partial charge on any atom is -0.860 e. The van der Waals surface area contributed by atoms with Gasteiger partial charge >= 0.3 is 29.6 Å². The normalized spacial score (nSPS) is 13.8. The molecule has 0 aliphatic carbocycles. The Bertz CT molecular complexity index is 1530. The van der Waals surface area contributed by atoms with Crippen LogP contribution < -0.4 is 34.7 Å². The number of ether oxygens (including phenoxy) is 4. The number of rotatable bonds is 19. The van der Waals surface area contributed by atoms with Crippen molar-refractivity contribution >= 4 is 16.0 Å². The maximum absolute atomic E-state index is 13.6. The Morgan fingerprint density at radius 2 is 1.07 bits per heavy atom. The van der Waals surface area contributed by atoms with Crippen LogP contribution in [0, 0.1) is 0 Å². The zero-order valence-corrected chi connectivity index (χ0v) is 28.7. The third-order valence-corrected chi connectivity index (χ3v) is 7.48. The fraction of sp³-hybridized carbons (Fsp3) is 0.286. The minimum atomic E-state index is -4.32. The second-order valence-electron chi connectivity index (χ2n) is 10.3. The van der Waals surface area contributed by atoms with Gasteiger partial charge in [-0.05, 0) is 28.2 Å². The Labute approximate surface area is 293 Å². The monoisotopic (exact) mass is 655 g/mol. The molecule has 0 heterocycles. The fourth-order valence-corrected chi connectivity index (χ4v) is 4.79. The van der Waals surface area contributed by atoms with Crippen molar-refractivity contribution in [2.75, 3.05) is 18.9 Å². The SMILES string of the molecule is O=S(=O)(O)CCN=C([O-])[C@@H](OCc1ccccc1)[C@H](OCc1ccccc1)[C@@H](COCc1ccccc1)OCc1ccccc1.[Na+]. The molecule has 11 heteroatoms. The summed E-state index contributed by atoms with van der Waals surface area (Å²) in [5.41, 5.74) is 3.57. The minimum absolute atomic E-state index is 0. The smallest absolute Gasteiger partial charge is 0.860 e. The van der Waals surface area contributed by atoms with Crippen LogP contribution in [-0.4, -0.2) is 56.1 Å². The van der Waals surface area contributed by atoms with E-state index in [1.807, 2.05) is 121 Å². The largest absolute Gasteiger partial charge is 1.00 e. The van der Waals surface area contributed by atoms with Crippen LogP contribution in [0.2, 0.25) is 0 Å². The summed E-state index contributed by atoms with van der Waals surface area (Å²) in [6, 6.07) is 38.1. The van der Waals surface area contributed by atoms with E-state index >= 15 is 0 Å². The van der Waals surface area contributed by atoms with Crippen molar-refractivity contribution in [1.82, 2.24) is 0 Å². The Morgan fingerprint density at radius 3 is 1.52 bits per heavy atom. The van der Waals surface area contributed by atoms with Crippen molar-refractivity contribution in [3.05, 3.63) is 144 Å². The number of nitrogens with zero attached hydrogens (tertiary/aromatic N) is 1. The Hall–Kier alpha value is -2.90. The van der Waals surface area contributed by atoms with Crippen molar-refractivity contribution < 1.29 is 66.6 Å². The van der Waals surface area contributed by atoms with E-state index in [-0.39, 0.29) is 56.0 Å². The quantitative estimate of drug-likeness (QED) is 0.0699. The zero-order valence-electron chi connectivity index (χ0n) is 25.9. The van der Waals surface area contributed by atoms with Crippen LogP contribution in [0.4, 0.5) is 0 Å². The molecule has 4 aromatic carbocycles. The summed E-state index contributed by atoms with van der Waals surface area (Å²) < 4.78 is 57.0. The van der Waals surface area contributed by atoms with Gasteiger partial charge < -0.3 is 29.0 Å². The molecule has 0 spiro atoms. The standard InChI is InChI=1S/C35H39NO8S.Na/c37-35(36-21-22-45(38,39)40)34(44-26-31-19-11-4-12-20-31)33(43-25-30-17-9-3-10-18-30)32(42-24-29-15-7-2-8-16-29)27-41-23-28-13-5-1-6-14-28;/h1-20,32-34H,21-27H2,(H,36,37)(H,38,39,40);/q;+1/p-1/t32-,33-,34+;/m1./s1. The van der Waals surface area contributed by atoms with E-state index in [0.717, 1.165) is 22.3 Å². The van der Waals surface area contributed by atoms with Crippen LogP contribution >= 0.6 is 0 Å². The molecule has 0 radical (unpaired) electrons. The predicted molar refractivity (Wildman–Crippen MR) is 170 cm³/mol. The third-order valence-electron chi connectivity index (χ3n) is 6.78. The molecule has 0 fully saturated rings. The van der Waals surface area contributed by atoms with Crippen LogP contribution in [0.15, 0.2) is 126 Å². The van der Waals surface area contributed by atoms with E-state index in [1.54, 1.807) is 0 Å². The number of hydrogen-bond acceptors (Lipinski definition) is 8. The fourth-order valence-electron chi connectivity index (χ4n) is 4.47. The van der Waals surface area contributed by atoms with E-state index in [1.165, 1.54) is 0 Å². The first-order valence-corrected chi connectivity index (χ1v) is 16.2. The summed E-state index contributed by atoms with van der Waals surface area (Å²) in [6.07, 6.45) is -3.08. The van der Waals surface area contributed by atoms with E-state index in [2.05, 4.69) is 4.99 Å². The molecule has 1 N–H and O–H groups in total. The van der Waals surface area contributed by atoms with E-state index in [0.29, 0.717) is 6.61 Å². The summed E-state index contributed by atoms with van der Waals surface area (Å²) in [5, 5.41) is 13.6. The molecule has 238 valence electrons. The van der Waals surface area contributed by atoms with Gasteiger partial charge in [-0.1, -0.05) is 121 Å². The van der Waals surface area contributed by atoms with E-state index < -0.39 is 46.6 Å². The van der Waals surface area contributed by atoms with Crippen LogP contribution in [0.5, 0.6) is 0 Å². The first-order valence-electron chi connectivity index (χ1n) is 14.6. The molecular formula is C35H38NNaO8S.